The Balaban J connectivity index is 0.00000204. The average Bonchev–Trinajstić information content (AvgIpc) is 2.77. The van der Waals surface area contributed by atoms with Crippen molar-refractivity contribution in [1.29, 1.82) is 5.26 Å². The minimum absolute atomic E-state index is 0.189. The van der Waals surface area contributed by atoms with Crippen molar-refractivity contribution in [1.82, 2.24) is 0 Å². The second kappa shape index (κ2) is 11.7. The van der Waals surface area contributed by atoms with Gasteiger partial charge in [0.05, 0.1) is 11.3 Å². The molecule has 0 saturated carbocycles. The number of anilines is 1. The van der Waals surface area contributed by atoms with E-state index < -0.39 is 5.97 Å². The summed E-state index contributed by atoms with van der Waals surface area (Å²) in [7, 11) is 0. The highest BCUT2D eigenvalue weighted by atomic mass is 16.4. The predicted molar refractivity (Wildman–Crippen MR) is 116 cm³/mol. The van der Waals surface area contributed by atoms with E-state index in [9.17, 15) is 25.4 Å². The molecule has 0 spiro atoms. The minimum atomic E-state index is -1.25. The van der Waals surface area contributed by atoms with Crippen LogP contribution in [0.25, 0.3) is 5.57 Å². The first-order valence-electron chi connectivity index (χ1n) is 9.81. The SMILES string of the molecule is C=C(/C=C(C(=O)O)\C(O)=C/C)c1ccc(N2CCC(CO)CC2)c(C#N)c1.CC. The molecule has 6 nitrogen and oxygen atoms in total. The van der Waals surface area contributed by atoms with Crippen molar-refractivity contribution in [2.75, 3.05) is 24.6 Å². The molecule has 1 aliphatic rings. The molecule has 1 fully saturated rings. The molecule has 1 heterocycles. The van der Waals surface area contributed by atoms with Crippen LogP contribution in [0.5, 0.6) is 0 Å². The molecule has 1 aliphatic heterocycles. The molecule has 6 heteroatoms. The number of carbonyl (C=O) groups is 1. The van der Waals surface area contributed by atoms with E-state index in [1.807, 2.05) is 19.9 Å². The number of benzene rings is 1. The molecular weight excluding hydrogens is 368 g/mol. The average molecular weight is 399 g/mol. The first-order valence-corrected chi connectivity index (χ1v) is 9.81. The summed E-state index contributed by atoms with van der Waals surface area (Å²) in [5, 5.41) is 37.8. The third-order valence-corrected chi connectivity index (χ3v) is 4.80. The van der Waals surface area contributed by atoms with Gasteiger partial charge in [0.1, 0.15) is 17.4 Å². The van der Waals surface area contributed by atoms with Crippen LogP contribution in [0, 0.1) is 17.2 Å². The van der Waals surface area contributed by atoms with Gasteiger partial charge in [-0.2, -0.15) is 5.26 Å². The Morgan fingerprint density at radius 2 is 1.93 bits per heavy atom. The Kier molecular flexibility index (Phi) is 9.70. The molecular formula is C23H30N2O4. The number of piperidine rings is 1. The molecule has 0 aromatic heterocycles. The molecule has 156 valence electrons. The van der Waals surface area contributed by atoms with Crippen LogP contribution in [-0.4, -0.2) is 41.0 Å². The molecule has 0 aliphatic carbocycles. The first kappa shape index (κ1) is 24.0. The van der Waals surface area contributed by atoms with E-state index in [0.717, 1.165) is 31.6 Å². The summed E-state index contributed by atoms with van der Waals surface area (Å²) < 4.78 is 0. The predicted octanol–water partition coefficient (Wildman–Crippen LogP) is 4.28. The fourth-order valence-electron chi connectivity index (χ4n) is 3.12. The summed E-state index contributed by atoms with van der Waals surface area (Å²) in [5.41, 5.74) is 2.06. The molecule has 29 heavy (non-hydrogen) atoms. The zero-order valence-electron chi connectivity index (χ0n) is 17.4. The van der Waals surface area contributed by atoms with E-state index in [4.69, 9.17) is 0 Å². The van der Waals surface area contributed by atoms with E-state index >= 15 is 0 Å². The minimum Gasteiger partial charge on any atom is -0.507 e. The summed E-state index contributed by atoms with van der Waals surface area (Å²) in [4.78, 5) is 13.4. The normalized spacial score (nSPS) is 15.2. The number of aliphatic carboxylic acids is 1. The van der Waals surface area contributed by atoms with E-state index in [-0.39, 0.29) is 17.9 Å². The summed E-state index contributed by atoms with van der Waals surface area (Å²) in [5.74, 6) is -1.28. The van der Waals surface area contributed by atoms with Gasteiger partial charge in [-0.15, -0.1) is 0 Å². The highest BCUT2D eigenvalue weighted by molar-refractivity contribution is 5.94. The van der Waals surface area contributed by atoms with Gasteiger partial charge in [0, 0.05) is 19.7 Å². The number of nitrogens with zero attached hydrogens (tertiary/aromatic N) is 2. The van der Waals surface area contributed by atoms with Crippen molar-refractivity contribution in [2.45, 2.75) is 33.6 Å². The molecule has 0 bridgehead atoms. The fraction of sp³-hybridized carbons (Fsp3) is 0.391. The van der Waals surface area contributed by atoms with Gasteiger partial charge in [0.25, 0.3) is 0 Å². The van der Waals surface area contributed by atoms with E-state index in [2.05, 4.69) is 17.5 Å². The van der Waals surface area contributed by atoms with Gasteiger partial charge in [-0.1, -0.05) is 26.5 Å². The number of carboxylic acid groups (broad SMARTS) is 1. The van der Waals surface area contributed by atoms with Gasteiger partial charge in [0.15, 0.2) is 0 Å². The van der Waals surface area contributed by atoms with Crippen LogP contribution in [0.2, 0.25) is 0 Å². The lowest BCUT2D eigenvalue weighted by Crippen LogP contribution is -2.35. The van der Waals surface area contributed by atoms with E-state index in [1.165, 1.54) is 19.1 Å². The van der Waals surface area contributed by atoms with E-state index in [1.54, 1.807) is 12.1 Å². The molecule has 0 amide bonds. The molecule has 2 rings (SSSR count). The number of carboxylic acids is 1. The zero-order valence-corrected chi connectivity index (χ0v) is 17.4. The van der Waals surface area contributed by atoms with Crippen molar-refractivity contribution in [2.24, 2.45) is 5.92 Å². The third kappa shape index (κ3) is 6.23. The number of rotatable bonds is 6. The monoisotopic (exact) mass is 398 g/mol. The molecule has 1 aromatic rings. The number of aliphatic hydroxyl groups is 2. The quantitative estimate of drug-likeness (QED) is 0.375. The Hall–Kier alpha value is -3.04. The first-order chi connectivity index (χ1) is 13.9. The van der Waals surface area contributed by atoms with Gasteiger partial charge in [-0.25, -0.2) is 4.79 Å². The molecule has 0 unspecified atom stereocenters. The van der Waals surface area contributed by atoms with Gasteiger partial charge in [-0.3, -0.25) is 0 Å². The smallest absolute Gasteiger partial charge is 0.339 e. The van der Waals surface area contributed by atoms with Gasteiger partial charge < -0.3 is 20.2 Å². The van der Waals surface area contributed by atoms with Crippen LogP contribution in [0.3, 0.4) is 0 Å². The second-order valence-corrected chi connectivity index (χ2v) is 6.52. The van der Waals surface area contributed by atoms with Crippen LogP contribution in [0.4, 0.5) is 5.69 Å². The van der Waals surface area contributed by atoms with Crippen LogP contribution < -0.4 is 4.90 Å². The largest absolute Gasteiger partial charge is 0.507 e. The van der Waals surface area contributed by atoms with Crippen LogP contribution in [0.1, 0.15) is 44.7 Å². The standard InChI is InChI=1S/C21H24N2O4.C2H6/c1-3-20(25)18(21(26)27)10-14(2)16-4-5-19(17(11-16)12-22)23-8-6-15(13-24)7-9-23;1-2/h3-5,10-11,15,24-25H,2,6-9,13H2,1H3,(H,26,27);1-2H3/b18-10+,20-3+;. The Labute approximate surface area is 172 Å². The maximum atomic E-state index is 11.3. The lowest BCUT2D eigenvalue weighted by molar-refractivity contribution is -0.132. The maximum absolute atomic E-state index is 11.3. The highest BCUT2D eigenvalue weighted by Crippen LogP contribution is 2.29. The molecule has 0 atom stereocenters. The summed E-state index contributed by atoms with van der Waals surface area (Å²) in [6, 6.07) is 7.50. The number of allylic oxidation sites excluding steroid dienone is 3. The van der Waals surface area contributed by atoms with Crippen molar-refractivity contribution in [3.63, 3.8) is 0 Å². The topological polar surface area (TPSA) is 105 Å². The number of aliphatic hydroxyl groups excluding tert-OH is 2. The second-order valence-electron chi connectivity index (χ2n) is 6.52. The van der Waals surface area contributed by atoms with Gasteiger partial charge in [-0.05, 0) is 61.1 Å². The molecule has 0 radical (unpaired) electrons. The van der Waals surface area contributed by atoms with Crippen molar-refractivity contribution < 1.29 is 20.1 Å². The third-order valence-electron chi connectivity index (χ3n) is 4.80. The summed E-state index contributed by atoms with van der Waals surface area (Å²) >= 11 is 0. The highest BCUT2D eigenvalue weighted by Gasteiger charge is 2.21. The number of nitriles is 1. The zero-order chi connectivity index (χ0) is 22.0. The van der Waals surface area contributed by atoms with Crippen LogP contribution in [0.15, 0.2) is 48.3 Å². The molecule has 1 aromatic carbocycles. The Morgan fingerprint density at radius 3 is 2.41 bits per heavy atom. The summed E-state index contributed by atoms with van der Waals surface area (Å²) in [6.45, 7) is 11.2. The lowest BCUT2D eigenvalue weighted by Gasteiger charge is -2.33. The van der Waals surface area contributed by atoms with Crippen LogP contribution in [-0.2, 0) is 4.79 Å². The fourth-order valence-corrected chi connectivity index (χ4v) is 3.12. The lowest BCUT2D eigenvalue weighted by atomic mass is 9.95. The Morgan fingerprint density at radius 1 is 1.31 bits per heavy atom. The van der Waals surface area contributed by atoms with Crippen LogP contribution >= 0.6 is 0 Å². The maximum Gasteiger partial charge on any atom is 0.339 e. The molecule has 1 saturated heterocycles. The van der Waals surface area contributed by atoms with Crippen molar-refractivity contribution in [3.8, 4) is 6.07 Å². The number of hydrogen-bond acceptors (Lipinski definition) is 5. The van der Waals surface area contributed by atoms with Gasteiger partial charge >= 0.3 is 5.97 Å². The van der Waals surface area contributed by atoms with Gasteiger partial charge in [0.2, 0.25) is 0 Å². The molecule has 3 N–H and O–H groups in total. The van der Waals surface area contributed by atoms with Crippen molar-refractivity contribution >= 4 is 17.2 Å². The summed E-state index contributed by atoms with van der Waals surface area (Å²) in [6.07, 6.45) is 4.35. The number of hydrogen-bond donors (Lipinski definition) is 3. The van der Waals surface area contributed by atoms with E-state index in [0.29, 0.717) is 22.6 Å². The Bertz CT molecular complexity index is 826. The van der Waals surface area contributed by atoms with Crippen molar-refractivity contribution in [3.05, 3.63) is 59.4 Å².